The van der Waals surface area contributed by atoms with E-state index in [0.29, 0.717) is 39.1 Å². The molecule has 1 N–H and O–H groups in total. The van der Waals surface area contributed by atoms with Gasteiger partial charge >= 0.3 is 5.97 Å². The number of nitrogens with zero attached hydrogens (tertiary/aromatic N) is 1. The number of fused-ring (bicyclic) bond motifs is 1. The molecule has 1 aromatic rings. The van der Waals surface area contributed by atoms with Crippen LogP contribution >= 0.6 is 0 Å². The van der Waals surface area contributed by atoms with Gasteiger partial charge in [-0.3, -0.25) is 9.59 Å². The fraction of sp³-hybridized carbons (Fsp3) is 0.579. The highest BCUT2D eigenvalue weighted by atomic mass is 16.5. The summed E-state index contributed by atoms with van der Waals surface area (Å²) in [6.45, 7) is 3.56. The van der Waals surface area contributed by atoms with Crippen LogP contribution in [0.3, 0.4) is 0 Å². The SMILES string of the molecule is CCOc1ccc2c(c1)CC(C(=O)N(CC(=O)O)C1CCOCC1)CO2. The van der Waals surface area contributed by atoms with Crippen LogP contribution in [0.5, 0.6) is 11.5 Å². The van der Waals surface area contributed by atoms with Gasteiger partial charge in [-0.1, -0.05) is 0 Å². The molecule has 0 aliphatic carbocycles. The first-order valence-corrected chi connectivity index (χ1v) is 9.07. The van der Waals surface area contributed by atoms with E-state index in [-0.39, 0.29) is 31.0 Å². The molecule has 1 aromatic carbocycles. The van der Waals surface area contributed by atoms with E-state index in [1.165, 1.54) is 4.90 Å². The van der Waals surface area contributed by atoms with Crippen molar-refractivity contribution in [3.63, 3.8) is 0 Å². The lowest BCUT2D eigenvalue weighted by atomic mass is 9.94. The number of rotatable bonds is 6. The highest BCUT2D eigenvalue weighted by molar-refractivity contribution is 5.84. The van der Waals surface area contributed by atoms with E-state index in [1.54, 1.807) is 0 Å². The molecule has 7 heteroatoms. The van der Waals surface area contributed by atoms with E-state index < -0.39 is 5.97 Å². The Morgan fingerprint density at radius 2 is 2.08 bits per heavy atom. The molecule has 1 amide bonds. The zero-order chi connectivity index (χ0) is 18.5. The van der Waals surface area contributed by atoms with E-state index in [9.17, 15) is 14.7 Å². The number of aliphatic carboxylic acids is 1. The topological polar surface area (TPSA) is 85.3 Å². The van der Waals surface area contributed by atoms with Gasteiger partial charge in [-0.25, -0.2) is 0 Å². The summed E-state index contributed by atoms with van der Waals surface area (Å²) in [6, 6.07) is 5.51. The van der Waals surface area contributed by atoms with Crippen LogP contribution in [-0.4, -0.2) is 60.9 Å². The number of carbonyl (C=O) groups excluding carboxylic acids is 1. The molecule has 26 heavy (non-hydrogen) atoms. The number of carbonyl (C=O) groups is 2. The van der Waals surface area contributed by atoms with Crippen molar-refractivity contribution in [1.29, 1.82) is 0 Å². The van der Waals surface area contributed by atoms with Crippen LogP contribution in [0.25, 0.3) is 0 Å². The predicted molar refractivity (Wildman–Crippen MR) is 93.5 cm³/mol. The van der Waals surface area contributed by atoms with Crippen molar-refractivity contribution in [3.8, 4) is 11.5 Å². The Bertz CT molecular complexity index is 655. The third-order valence-corrected chi connectivity index (χ3v) is 4.82. The molecule has 2 aliphatic heterocycles. The average Bonchev–Trinajstić information content (AvgIpc) is 2.66. The fourth-order valence-corrected chi connectivity index (χ4v) is 3.55. The van der Waals surface area contributed by atoms with Gasteiger partial charge in [-0.05, 0) is 49.9 Å². The Hall–Kier alpha value is -2.28. The van der Waals surface area contributed by atoms with Crippen molar-refractivity contribution >= 4 is 11.9 Å². The van der Waals surface area contributed by atoms with E-state index in [0.717, 1.165) is 17.1 Å². The van der Waals surface area contributed by atoms with Crippen molar-refractivity contribution in [1.82, 2.24) is 4.90 Å². The van der Waals surface area contributed by atoms with Crippen LogP contribution < -0.4 is 9.47 Å². The molecule has 1 fully saturated rings. The molecular formula is C19H25NO6. The van der Waals surface area contributed by atoms with E-state index >= 15 is 0 Å². The van der Waals surface area contributed by atoms with Gasteiger partial charge in [-0.15, -0.1) is 0 Å². The summed E-state index contributed by atoms with van der Waals surface area (Å²) in [5.74, 6) is -0.0444. The van der Waals surface area contributed by atoms with Gasteiger partial charge in [0.15, 0.2) is 0 Å². The van der Waals surface area contributed by atoms with E-state index in [4.69, 9.17) is 14.2 Å². The van der Waals surface area contributed by atoms with Crippen LogP contribution in [0.1, 0.15) is 25.3 Å². The van der Waals surface area contributed by atoms with Crippen LogP contribution in [-0.2, 0) is 20.7 Å². The van der Waals surface area contributed by atoms with Crippen molar-refractivity contribution in [3.05, 3.63) is 23.8 Å². The lowest BCUT2D eigenvalue weighted by Crippen LogP contribution is -2.50. The van der Waals surface area contributed by atoms with Gasteiger partial charge in [0.1, 0.15) is 24.7 Å². The van der Waals surface area contributed by atoms with Crippen LogP contribution in [0.4, 0.5) is 0 Å². The maximum Gasteiger partial charge on any atom is 0.323 e. The Kier molecular flexibility index (Phi) is 5.98. The summed E-state index contributed by atoms with van der Waals surface area (Å²) in [7, 11) is 0. The summed E-state index contributed by atoms with van der Waals surface area (Å²) in [5, 5.41) is 9.24. The third-order valence-electron chi connectivity index (χ3n) is 4.82. The van der Waals surface area contributed by atoms with Crippen molar-refractivity contribution < 1.29 is 28.9 Å². The number of benzene rings is 1. The minimum absolute atomic E-state index is 0.0940. The van der Waals surface area contributed by atoms with E-state index in [1.807, 2.05) is 25.1 Å². The van der Waals surface area contributed by atoms with Gasteiger partial charge < -0.3 is 24.2 Å². The number of carboxylic acid groups (broad SMARTS) is 1. The molecule has 2 heterocycles. The lowest BCUT2D eigenvalue weighted by Gasteiger charge is -2.36. The van der Waals surface area contributed by atoms with Crippen molar-refractivity contribution in [2.75, 3.05) is 33.0 Å². The first-order valence-electron chi connectivity index (χ1n) is 9.07. The van der Waals surface area contributed by atoms with Crippen LogP contribution in [0.15, 0.2) is 18.2 Å². The standard InChI is InChI=1S/C19H25NO6/c1-2-25-16-3-4-17-13(10-16)9-14(12-26-17)19(23)20(11-18(21)22)15-5-7-24-8-6-15/h3-4,10,14-15H,2,5-9,11-12H2,1H3,(H,21,22). The molecule has 1 unspecified atom stereocenters. The van der Waals surface area contributed by atoms with E-state index in [2.05, 4.69) is 0 Å². The Morgan fingerprint density at radius 1 is 1.31 bits per heavy atom. The summed E-state index contributed by atoms with van der Waals surface area (Å²) in [6.07, 6.45) is 1.85. The van der Waals surface area contributed by atoms with Crippen LogP contribution in [0, 0.1) is 5.92 Å². The molecule has 0 spiro atoms. The second-order valence-corrected chi connectivity index (χ2v) is 6.62. The number of ether oxygens (including phenoxy) is 3. The zero-order valence-electron chi connectivity index (χ0n) is 15.0. The van der Waals surface area contributed by atoms with Crippen LogP contribution in [0.2, 0.25) is 0 Å². The lowest BCUT2D eigenvalue weighted by molar-refractivity contribution is -0.150. The summed E-state index contributed by atoms with van der Waals surface area (Å²) in [5.41, 5.74) is 0.919. The average molecular weight is 363 g/mol. The smallest absolute Gasteiger partial charge is 0.323 e. The quantitative estimate of drug-likeness (QED) is 0.828. The Balaban J connectivity index is 1.74. The first kappa shape index (κ1) is 18.5. The molecule has 3 rings (SSSR count). The minimum atomic E-state index is -0.999. The third kappa shape index (κ3) is 4.27. The molecule has 1 atom stereocenters. The molecule has 0 bridgehead atoms. The molecule has 0 saturated carbocycles. The number of carboxylic acids is 1. The minimum Gasteiger partial charge on any atom is -0.494 e. The molecule has 1 saturated heterocycles. The van der Waals surface area contributed by atoms with Crippen molar-refractivity contribution in [2.24, 2.45) is 5.92 Å². The number of hydrogen-bond acceptors (Lipinski definition) is 5. The molecule has 0 radical (unpaired) electrons. The molecule has 0 aromatic heterocycles. The first-order chi connectivity index (χ1) is 12.6. The Morgan fingerprint density at radius 3 is 2.77 bits per heavy atom. The molecule has 2 aliphatic rings. The van der Waals surface area contributed by atoms with Gasteiger partial charge in [0.05, 0.1) is 12.5 Å². The largest absolute Gasteiger partial charge is 0.494 e. The fourth-order valence-electron chi connectivity index (χ4n) is 3.55. The van der Waals surface area contributed by atoms with Crippen molar-refractivity contribution in [2.45, 2.75) is 32.2 Å². The van der Waals surface area contributed by atoms with Gasteiger partial charge in [0.2, 0.25) is 5.91 Å². The molecule has 7 nitrogen and oxygen atoms in total. The van der Waals surface area contributed by atoms with Gasteiger partial charge in [0, 0.05) is 19.3 Å². The van der Waals surface area contributed by atoms with Gasteiger partial charge in [-0.2, -0.15) is 0 Å². The number of hydrogen-bond donors (Lipinski definition) is 1. The predicted octanol–water partition coefficient (Wildman–Crippen LogP) is 1.73. The normalized spacial score (nSPS) is 20.0. The zero-order valence-corrected chi connectivity index (χ0v) is 15.0. The highest BCUT2D eigenvalue weighted by Gasteiger charge is 2.34. The second-order valence-electron chi connectivity index (χ2n) is 6.62. The Labute approximate surface area is 152 Å². The molecular weight excluding hydrogens is 338 g/mol. The highest BCUT2D eigenvalue weighted by Crippen LogP contribution is 2.32. The van der Waals surface area contributed by atoms with Gasteiger partial charge in [0.25, 0.3) is 0 Å². The molecule has 142 valence electrons. The monoisotopic (exact) mass is 363 g/mol. The number of amides is 1. The summed E-state index contributed by atoms with van der Waals surface area (Å²) < 4.78 is 16.6. The maximum absolute atomic E-state index is 13.1. The summed E-state index contributed by atoms with van der Waals surface area (Å²) >= 11 is 0. The maximum atomic E-state index is 13.1. The summed E-state index contributed by atoms with van der Waals surface area (Å²) in [4.78, 5) is 25.8. The second kappa shape index (κ2) is 8.40.